The van der Waals surface area contributed by atoms with E-state index in [-0.39, 0.29) is 16.9 Å². The first-order valence-corrected chi connectivity index (χ1v) is 9.49. The van der Waals surface area contributed by atoms with Gasteiger partial charge in [0.2, 0.25) is 0 Å². The highest BCUT2D eigenvalue weighted by molar-refractivity contribution is 7.80. The number of amides is 2. The van der Waals surface area contributed by atoms with Crippen LogP contribution in [0, 0.1) is 0 Å². The van der Waals surface area contributed by atoms with Crippen molar-refractivity contribution in [3.63, 3.8) is 0 Å². The summed E-state index contributed by atoms with van der Waals surface area (Å²) < 4.78 is 5.69. The van der Waals surface area contributed by atoms with Gasteiger partial charge in [-0.3, -0.25) is 14.9 Å². The maximum absolute atomic E-state index is 12.5. The highest BCUT2D eigenvalue weighted by atomic mass is 32.1. The SMILES string of the molecule is CCCCOc1ccccc1C(=O)NC(=S)Nc1ccc(C(=O)N(C)C)cc1. The van der Waals surface area contributed by atoms with Crippen molar-refractivity contribution < 1.29 is 14.3 Å². The Morgan fingerprint density at radius 3 is 2.39 bits per heavy atom. The maximum Gasteiger partial charge on any atom is 0.261 e. The van der Waals surface area contributed by atoms with Crippen molar-refractivity contribution in [3.8, 4) is 5.75 Å². The van der Waals surface area contributed by atoms with Crippen LogP contribution in [0.4, 0.5) is 5.69 Å². The zero-order valence-electron chi connectivity index (χ0n) is 16.3. The Labute approximate surface area is 170 Å². The molecular formula is C21H25N3O3S. The van der Waals surface area contributed by atoms with Gasteiger partial charge in [-0.15, -0.1) is 0 Å². The largest absolute Gasteiger partial charge is 0.493 e. The van der Waals surface area contributed by atoms with Gasteiger partial charge < -0.3 is 15.0 Å². The van der Waals surface area contributed by atoms with Crippen molar-refractivity contribution in [1.29, 1.82) is 0 Å². The van der Waals surface area contributed by atoms with Gasteiger partial charge in [-0.1, -0.05) is 25.5 Å². The number of nitrogens with one attached hydrogen (secondary N) is 2. The summed E-state index contributed by atoms with van der Waals surface area (Å²) in [5.41, 5.74) is 1.67. The summed E-state index contributed by atoms with van der Waals surface area (Å²) in [5, 5.41) is 5.77. The Hall–Kier alpha value is -2.93. The molecular weight excluding hydrogens is 374 g/mol. The van der Waals surface area contributed by atoms with E-state index < -0.39 is 0 Å². The summed E-state index contributed by atoms with van der Waals surface area (Å²) in [7, 11) is 3.39. The van der Waals surface area contributed by atoms with E-state index in [0.29, 0.717) is 29.2 Å². The van der Waals surface area contributed by atoms with Crippen LogP contribution in [0.2, 0.25) is 0 Å². The number of hydrogen-bond donors (Lipinski definition) is 2. The highest BCUT2D eigenvalue weighted by Crippen LogP contribution is 2.18. The number of nitrogens with zero attached hydrogens (tertiary/aromatic N) is 1. The van der Waals surface area contributed by atoms with Gasteiger partial charge in [0.05, 0.1) is 12.2 Å². The highest BCUT2D eigenvalue weighted by Gasteiger charge is 2.14. The van der Waals surface area contributed by atoms with Crippen LogP contribution in [-0.2, 0) is 0 Å². The van der Waals surface area contributed by atoms with E-state index in [1.165, 1.54) is 4.90 Å². The lowest BCUT2D eigenvalue weighted by Crippen LogP contribution is -2.34. The summed E-state index contributed by atoms with van der Waals surface area (Å²) in [6.45, 7) is 2.64. The second-order valence-corrected chi connectivity index (χ2v) is 6.79. The number of hydrogen-bond acceptors (Lipinski definition) is 4. The van der Waals surface area contributed by atoms with Gasteiger partial charge in [-0.2, -0.15) is 0 Å². The van der Waals surface area contributed by atoms with Gasteiger partial charge in [0.1, 0.15) is 5.75 Å². The lowest BCUT2D eigenvalue weighted by atomic mass is 10.2. The molecule has 0 radical (unpaired) electrons. The zero-order chi connectivity index (χ0) is 20.5. The molecule has 2 aromatic rings. The van der Waals surface area contributed by atoms with E-state index in [4.69, 9.17) is 17.0 Å². The minimum absolute atomic E-state index is 0.0814. The van der Waals surface area contributed by atoms with Gasteiger partial charge in [-0.05, 0) is 55.0 Å². The Bertz CT molecular complexity index is 835. The van der Waals surface area contributed by atoms with Crippen molar-refractivity contribution in [2.45, 2.75) is 19.8 Å². The fourth-order valence-corrected chi connectivity index (χ4v) is 2.60. The quantitative estimate of drug-likeness (QED) is 0.549. The van der Waals surface area contributed by atoms with E-state index >= 15 is 0 Å². The molecule has 0 aliphatic carbocycles. The average molecular weight is 400 g/mol. The number of thiocarbonyl (C=S) groups is 1. The molecule has 0 spiro atoms. The summed E-state index contributed by atoms with van der Waals surface area (Å²) in [4.78, 5) is 26.0. The maximum atomic E-state index is 12.5. The van der Waals surface area contributed by atoms with Crippen molar-refractivity contribution in [2.24, 2.45) is 0 Å². The molecule has 0 bridgehead atoms. The van der Waals surface area contributed by atoms with E-state index in [0.717, 1.165) is 12.8 Å². The lowest BCUT2D eigenvalue weighted by Gasteiger charge is -2.14. The molecule has 6 nitrogen and oxygen atoms in total. The predicted molar refractivity (Wildman–Crippen MR) is 115 cm³/mol. The minimum atomic E-state index is -0.344. The number of unbranched alkanes of at least 4 members (excludes halogenated alkanes) is 1. The van der Waals surface area contributed by atoms with E-state index in [9.17, 15) is 9.59 Å². The number of para-hydroxylation sites is 1. The number of benzene rings is 2. The first-order valence-electron chi connectivity index (χ1n) is 9.08. The van der Waals surface area contributed by atoms with Crippen LogP contribution in [0.1, 0.15) is 40.5 Å². The van der Waals surface area contributed by atoms with Crippen molar-refractivity contribution in [1.82, 2.24) is 10.2 Å². The first-order chi connectivity index (χ1) is 13.4. The number of carbonyl (C=O) groups excluding carboxylic acids is 2. The summed E-state index contributed by atoms with van der Waals surface area (Å²) in [5.74, 6) is 0.105. The summed E-state index contributed by atoms with van der Waals surface area (Å²) >= 11 is 5.23. The second-order valence-electron chi connectivity index (χ2n) is 6.38. The van der Waals surface area contributed by atoms with Crippen LogP contribution in [0.25, 0.3) is 0 Å². The molecule has 2 N–H and O–H groups in total. The van der Waals surface area contributed by atoms with Crippen molar-refractivity contribution in [3.05, 3.63) is 59.7 Å². The molecule has 2 aromatic carbocycles. The third kappa shape index (κ3) is 6.06. The first kappa shape index (κ1) is 21.4. The van der Waals surface area contributed by atoms with Crippen LogP contribution in [0.5, 0.6) is 5.75 Å². The fourth-order valence-electron chi connectivity index (χ4n) is 2.39. The zero-order valence-corrected chi connectivity index (χ0v) is 17.1. The molecule has 0 unspecified atom stereocenters. The molecule has 28 heavy (non-hydrogen) atoms. The molecule has 148 valence electrons. The van der Waals surface area contributed by atoms with Gasteiger partial charge in [0.15, 0.2) is 5.11 Å². The molecule has 0 atom stereocenters. The monoisotopic (exact) mass is 399 g/mol. The summed E-state index contributed by atoms with van der Waals surface area (Å²) in [6.07, 6.45) is 1.93. The van der Waals surface area contributed by atoms with Gasteiger partial charge in [-0.25, -0.2) is 0 Å². The van der Waals surface area contributed by atoms with Crippen molar-refractivity contribution >= 4 is 34.8 Å². The topological polar surface area (TPSA) is 70.7 Å². The van der Waals surface area contributed by atoms with Gasteiger partial charge in [0.25, 0.3) is 11.8 Å². The molecule has 0 aliphatic rings. The van der Waals surface area contributed by atoms with E-state index in [1.807, 2.05) is 6.07 Å². The van der Waals surface area contributed by atoms with Crippen LogP contribution in [0.3, 0.4) is 0 Å². The van der Waals surface area contributed by atoms with Crippen LogP contribution >= 0.6 is 12.2 Å². The minimum Gasteiger partial charge on any atom is -0.493 e. The predicted octanol–water partition coefficient (Wildman–Crippen LogP) is 3.69. The standard InChI is InChI=1S/C21H25N3O3S/c1-4-5-14-27-18-9-7-6-8-17(18)19(25)23-21(28)22-16-12-10-15(11-13-16)20(26)24(2)3/h6-13H,4-5,14H2,1-3H3,(H2,22,23,25,28). The third-order valence-electron chi connectivity index (χ3n) is 3.91. The molecule has 0 aliphatic heterocycles. The molecule has 0 saturated carbocycles. The van der Waals surface area contributed by atoms with Gasteiger partial charge in [0, 0.05) is 25.3 Å². The molecule has 2 rings (SSSR count). The fraction of sp³-hybridized carbons (Fsp3) is 0.286. The Balaban J connectivity index is 1.98. The van der Waals surface area contributed by atoms with E-state index in [2.05, 4.69) is 17.6 Å². The molecule has 0 heterocycles. The molecule has 0 fully saturated rings. The number of ether oxygens (including phenoxy) is 1. The molecule has 7 heteroatoms. The lowest BCUT2D eigenvalue weighted by molar-refractivity contribution is 0.0827. The second kappa shape index (κ2) is 10.4. The number of anilines is 1. The van der Waals surface area contributed by atoms with Crippen molar-refractivity contribution in [2.75, 3.05) is 26.0 Å². The normalized spacial score (nSPS) is 10.1. The van der Waals surface area contributed by atoms with Crippen LogP contribution in [0.15, 0.2) is 48.5 Å². The van der Waals surface area contributed by atoms with E-state index in [1.54, 1.807) is 56.6 Å². The number of rotatable bonds is 7. The molecule has 0 aromatic heterocycles. The third-order valence-corrected chi connectivity index (χ3v) is 4.11. The average Bonchev–Trinajstić information content (AvgIpc) is 2.68. The Kier molecular flexibility index (Phi) is 7.95. The Morgan fingerprint density at radius 2 is 1.75 bits per heavy atom. The van der Waals surface area contributed by atoms with Crippen LogP contribution < -0.4 is 15.4 Å². The van der Waals surface area contributed by atoms with Gasteiger partial charge >= 0.3 is 0 Å². The molecule has 2 amide bonds. The number of carbonyl (C=O) groups is 2. The van der Waals surface area contributed by atoms with Crippen LogP contribution in [-0.4, -0.2) is 42.5 Å². The molecule has 0 saturated heterocycles. The Morgan fingerprint density at radius 1 is 1.07 bits per heavy atom. The smallest absolute Gasteiger partial charge is 0.261 e. The summed E-state index contributed by atoms with van der Waals surface area (Å²) in [6, 6.07) is 13.9.